The third-order valence-corrected chi connectivity index (χ3v) is 3.92. The molecule has 5 nitrogen and oxygen atoms in total. The van der Waals surface area contributed by atoms with Gasteiger partial charge in [0.2, 0.25) is 0 Å². The van der Waals surface area contributed by atoms with Crippen LogP contribution in [0.1, 0.15) is 16.9 Å². The van der Waals surface area contributed by atoms with Gasteiger partial charge >= 0.3 is 0 Å². The Kier molecular flexibility index (Phi) is 3.87. The molecule has 3 rings (SSSR count). The molecule has 0 fully saturated rings. The number of hydrazine groups is 1. The highest BCUT2D eigenvalue weighted by Gasteiger charge is 2.15. The lowest BCUT2D eigenvalue weighted by atomic mass is 10.2. The van der Waals surface area contributed by atoms with Gasteiger partial charge in [0.05, 0.1) is 16.7 Å². The van der Waals surface area contributed by atoms with Crippen LogP contribution in [-0.2, 0) is 6.42 Å². The SMILES string of the molecule is NNC(Cc1nc(-c2ccccc2)cs1)c1ncc[nH]1. The first kappa shape index (κ1) is 13.0. The van der Waals surface area contributed by atoms with Crippen molar-refractivity contribution in [2.24, 2.45) is 5.84 Å². The number of rotatable bonds is 5. The number of aromatic nitrogens is 3. The number of nitrogens with one attached hydrogen (secondary N) is 2. The van der Waals surface area contributed by atoms with Crippen molar-refractivity contribution in [1.29, 1.82) is 0 Å². The van der Waals surface area contributed by atoms with E-state index in [0.717, 1.165) is 22.1 Å². The van der Waals surface area contributed by atoms with Gasteiger partial charge in [-0.15, -0.1) is 11.3 Å². The van der Waals surface area contributed by atoms with Crippen molar-refractivity contribution < 1.29 is 0 Å². The fourth-order valence-corrected chi connectivity index (χ4v) is 2.87. The molecule has 3 aromatic rings. The van der Waals surface area contributed by atoms with Crippen molar-refractivity contribution in [1.82, 2.24) is 20.4 Å². The number of hydrogen-bond donors (Lipinski definition) is 3. The summed E-state index contributed by atoms with van der Waals surface area (Å²) in [5.74, 6) is 6.42. The first-order valence-electron chi connectivity index (χ1n) is 6.32. The topological polar surface area (TPSA) is 79.6 Å². The zero-order chi connectivity index (χ0) is 13.8. The summed E-state index contributed by atoms with van der Waals surface area (Å²) in [7, 11) is 0. The average molecular weight is 285 g/mol. The monoisotopic (exact) mass is 285 g/mol. The van der Waals surface area contributed by atoms with Gasteiger partial charge in [-0.2, -0.15) is 0 Å². The van der Waals surface area contributed by atoms with Crippen LogP contribution in [0.15, 0.2) is 48.1 Å². The highest BCUT2D eigenvalue weighted by molar-refractivity contribution is 7.09. The van der Waals surface area contributed by atoms with Crippen LogP contribution < -0.4 is 11.3 Å². The first-order valence-corrected chi connectivity index (χ1v) is 7.20. The predicted octanol–water partition coefficient (Wildman–Crippen LogP) is 2.28. The molecule has 0 saturated carbocycles. The van der Waals surface area contributed by atoms with Crippen molar-refractivity contribution in [2.45, 2.75) is 12.5 Å². The minimum atomic E-state index is -0.0558. The Balaban J connectivity index is 1.77. The van der Waals surface area contributed by atoms with Gasteiger partial charge in [-0.05, 0) is 0 Å². The standard InChI is InChI=1S/C14H15N5S/c15-19-11(14-16-6-7-17-14)8-13-18-12(9-20-13)10-4-2-1-3-5-10/h1-7,9,11,19H,8,15H2,(H,16,17). The van der Waals surface area contributed by atoms with Crippen LogP contribution in [0.4, 0.5) is 0 Å². The fraction of sp³-hybridized carbons (Fsp3) is 0.143. The maximum Gasteiger partial charge on any atom is 0.125 e. The second-order valence-corrected chi connectivity index (χ2v) is 5.33. The summed E-state index contributed by atoms with van der Waals surface area (Å²) >= 11 is 1.64. The van der Waals surface area contributed by atoms with Crippen LogP contribution in [0.25, 0.3) is 11.3 Å². The van der Waals surface area contributed by atoms with Gasteiger partial charge in [0.25, 0.3) is 0 Å². The van der Waals surface area contributed by atoms with Gasteiger partial charge in [0, 0.05) is 29.8 Å². The molecule has 102 valence electrons. The number of imidazole rings is 1. The molecule has 6 heteroatoms. The third kappa shape index (κ3) is 2.77. The number of nitrogens with two attached hydrogens (primary N) is 1. The van der Waals surface area contributed by atoms with Gasteiger partial charge in [-0.25, -0.2) is 15.4 Å². The summed E-state index contributed by atoms with van der Waals surface area (Å²) in [6, 6.07) is 10.1. The molecule has 1 aromatic carbocycles. The van der Waals surface area contributed by atoms with Crippen LogP contribution in [0, 0.1) is 0 Å². The Morgan fingerprint density at radius 3 is 2.85 bits per heavy atom. The number of nitrogens with zero attached hydrogens (tertiary/aromatic N) is 2. The number of hydrogen-bond acceptors (Lipinski definition) is 5. The molecule has 0 spiro atoms. The minimum absolute atomic E-state index is 0.0558. The number of aromatic amines is 1. The quantitative estimate of drug-likeness (QED) is 0.496. The van der Waals surface area contributed by atoms with Crippen LogP contribution in [0.2, 0.25) is 0 Å². The van der Waals surface area contributed by atoms with Crippen LogP contribution >= 0.6 is 11.3 Å². The molecule has 4 N–H and O–H groups in total. The molecule has 0 radical (unpaired) electrons. The van der Waals surface area contributed by atoms with Gasteiger partial charge in [0.15, 0.2) is 0 Å². The molecule has 20 heavy (non-hydrogen) atoms. The van der Waals surface area contributed by atoms with Crippen molar-refractivity contribution in [3.63, 3.8) is 0 Å². The molecular formula is C14H15N5S. The Morgan fingerprint density at radius 1 is 1.30 bits per heavy atom. The molecule has 0 saturated heterocycles. The van der Waals surface area contributed by atoms with Gasteiger partial charge in [-0.3, -0.25) is 5.84 Å². The van der Waals surface area contributed by atoms with E-state index in [4.69, 9.17) is 5.84 Å². The summed E-state index contributed by atoms with van der Waals surface area (Å²) < 4.78 is 0. The Morgan fingerprint density at radius 2 is 2.15 bits per heavy atom. The molecule has 1 unspecified atom stereocenters. The molecule has 0 aliphatic carbocycles. The third-order valence-electron chi connectivity index (χ3n) is 3.05. The lowest BCUT2D eigenvalue weighted by Gasteiger charge is -2.11. The molecular weight excluding hydrogens is 270 g/mol. The van der Waals surface area contributed by atoms with E-state index in [1.807, 2.05) is 18.2 Å². The van der Waals surface area contributed by atoms with Crippen molar-refractivity contribution in [2.75, 3.05) is 0 Å². The highest BCUT2D eigenvalue weighted by atomic mass is 32.1. The summed E-state index contributed by atoms with van der Waals surface area (Å²) in [6.07, 6.45) is 4.22. The summed E-state index contributed by atoms with van der Waals surface area (Å²) in [5, 5.41) is 3.10. The van der Waals surface area contributed by atoms with Gasteiger partial charge < -0.3 is 4.98 Å². The Hall–Kier alpha value is -2.02. The van der Waals surface area contributed by atoms with E-state index in [-0.39, 0.29) is 6.04 Å². The Bertz CT molecular complexity index is 647. The van der Waals surface area contributed by atoms with E-state index >= 15 is 0 Å². The van der Waals surface area contributed by atoms with Crippen molar-refractivity contribution in [3.05, 3.63) is 58.9 Å². The summed E-state index contributed by atoms with van der Waals surface area (Å²) in [5.41, 5.74) is 4.91. The van der Waals surface area contributed by atoms with Gasteiger partial charge in [0.1, 0.15) is 5.82 Å². The maximum atomic E-state index is 5.60. The molecule has 1 atom stereocenters. The zero-order valence-corrected chi connectivity index (χ0v) is 11.6. The van der Waals surface area contributed by atoms with E-state index in [1.54, 1.807) is 23.7 Å². The number of benzene rings is 1. The van der Waals surface area contributed by atoms with Gasteiger partial charge in [-0.1, -0.05) is 30.3 Å². The number of thiazole rings is 1. The maximum absolute atomic E-state index is 5.60. The highest BCUT2D eigenvalue weighted by Crippen LogP contribution is 2.24. The van der Waals surface area contributed by atoms with Crippen molar-refractivity contribution >= 4 is 11.3 Å². The van der Waals surface area contributed by atoms with Crippen LogP contribution in [0.3, 0.4) is 0 Å². The van der Waals surface area contributed by atoms with Crippen molar-refractivity contribution in [3.8, 4) is 11.3 Å². The number of H-pyrrole nitrogens is 1. The molecule has 0 aliphatic heterocycles. The Labute approximate surface area is 120 Å². The zero-order valence-electron chi connectivity index (χ0n) is 10.8. The lowest BCUT2D eigenvalue weighted by molar-refractivity contribution is 0.526. The van der Waals surface area contributed by atoms with E-state index in [0.29, 0.717) is 6.42 Å². The lowest BCUT2D eigenvalue weighted by Crippen LogP contribution is -2.30. The fourth-order valence-electron chi connectivity index (χ4n) is 2.02. The van der Waals surface area contributed by atoms with E-state index in [2.05, 4.69) is 37.9 Å². The smallest absolute Gasteiger partial charge is 0.125 e. The second-order valence-electron chi connectivity index (χ2n) is 4.39. The van der Waals surface area contributed by atoms with Crippen LogP contribution in [0.5, 0.6) is 0 Å². The molecule has 2 heterocycles. The minimum Gasteiger partial charge on any atom is -0.347 e. The second kappa shape index (κ2) is 5.96. The average Bonchev–Trinajstić information content (AvgIpc) is 3.17. The van der Waals surface area contributed by atoms with E-state index in [1.165, 1.54) is 0 Å². The molecule has 0 aliphatic rings. The first-order chi connectivity index (χ1) is 9.86. The van der Waals surface area contributed by atoms with E-state index in [9.17, 15) is 0 Å². The molecule has 2 aromatic heterocycles. The summed E-state index contributed by atoms with van der Waals surface area (Å²) in [6.45, 7) is 0. The van der Waals surface area contributed by atoms with E-state index < -0.39 is 0 Å². The normalized spacial score (nSPS) is 12.4. The summed E-state index contributed by atoms with van der Waals surface area (Å²) in [4.78, 5) is 12.0. The van der Waals surface area contributed by atoms with Crippen LogP contribution in [-0.4, -0.2) is 15.0 Å². The molecule has 0 amide bonds. The molecule has 0 bridgehead atoms. The largest absolute Gasteiger partial charge is 0.347 e. The predicted molar refractivity (Wildman–Crippen MR) is 79.9 cm³/mol.